The highest BCUT2D eigenvalue weighted by molar-refractivity contribution is 7.98. The van der Waals surface area contributed by atoms with Crippen molar-refractivity contribution < 1.29 is 4.79 Å². The van der Waals surface area contributed by atoms with Gasteiger partial charge in [-0.25, -0.2) is 14.8 Å². The Bertz CT molecular complexity index is 648. The molecule has 5 nitrogen and oxygen atoms in total. The van der Waals surface area contributed by atoms with Crippen LogP contribution in [0.2, 0.25) is 0 Å². The maximum Gasteiger partial charge on any atom is 0.319 e. The number of carbonyl (C=O) groups is 1. The summed E-state index contributed by atoms with van der Waals surface area (Å²) in [6, 6.07) is 7.82. The van der Waals surface area contributed by atoms with Crippen molar-refractivity contribution in [2.24, 2.45) is 0 Å². The van der Waals surface area contributed by atoms with Gasteiger partial charge in [0.15, 0.2) is 0 Å². The van der Waals surface area contributed by atoms with E-state index in [-0.39, 0.29) is 11.4 Å². The fourth-order valence-corrected chi connectivity index (χ4v) is 2.29. The minimum Gasteiger partial charge on any atom is -0.334 e. The summed E-state index contributed by atoms with van der Waals surface area (Å²) in [6.07, 6.45) is 5.29. The van der Waals surface area contributed by atoms with Crippen LogP contribution < -0.4 is 10.6 Å². The zero-order valence-corrected chi connectivity index (χ0v) is 14.7. The Balaban J connectivity index is 1.86. The van der Waals surface area contributed by atoms with Crippen molar-refractivity contribution in [2.75, 3.05) is 11.6 Å². The summed E-state index contributed by atoms with van der Waals surface area (Å²) in [5.74, 6) is 0.748. The van der Waals surface area contributed by atoms with E-state index in [9.17, 15) is 4.79 Å². The molecule has 2 amide bonds. The number of anilines is 1. The highest BCUT2D eigenvalue weighted by Crippen LogP contribution is 2.18. The number of thioether (sulfide) groups is 1. The van der Waals surface area contributed by atoms with Gasteiger partial charge in [0, 0.05) is 16.9 Å². The molecule has 122 valence electrons. The van der Waals surface area contributed by atoms with Crippen molar-refractivity contribution in [3.8, 4) is 0 Å². The summed E-state index contributed by atoms with van der Waals surface area (Å²) in [5, 5.41) is 5.55. The number of aromatic nitrogens is 2. The van der Waals surface area contributed by atoms with Gasteiger partial charge in [0.1, 0.15) is 5.82 Å². The number of urea groups is 1. The number of carbonyl (C=O) groups excluding carboxylic acids is 1. The molecule has 2 rings (SSSR count). The average molecular weight is 330 g/mol. The maximum atomic E-state index is 11.9. The molecule has 0 unspecified atom stereocenters. The van der Waals surface area contributed by atoms with E-state index in [4.69, 9.17) is 0 Å². The second-order valence-electron chi connectivity index (χ2n) is 6.20. The molecule has 2 N–H and O–H groups in total. The van der Waals surface area contributed by atoms with Gasteiger partial charge in [-0.2, -0.15) is 0 Å². The van der Waals surface area contributed by atoms with Gasteiger partial charge in [-0.15, -0.1) is 11.8 Å². The number of nitrogens with one attached hydrogen (secondary N) is 2. The molecule has 23 heavy (non-hydrogen) atoms. The lowest BCUT2D eigenvalue weighted by atomic mass is 9.96. The molecule has 0 bridgehead atoms. The molecule has 0 spiro atoms. The summed E-state index contributed by atoms with van der Waals surface area (Å²) >= 11 is 1.69. The monoisotopic (exact) mass is 330 g/mol. The van der Waals surface area contributed by atoms with E-state index >= 15 is 0 Å². The van der Waals surface area contributed by atoms with Gasteiger partial charge in [-0.05, 0) is 24.0 Å². The Labute approximate surface area is 141 Å². The molecular formula is C17H22N4OS. The van der Waals surface area contributed by atoms with E-state index in [2.05, 4.69) is 20.6 Å². The summed E-state index contributed by atoms with van der Waals surface area (Å²) in [5.41, 5.74) is 1.52. The third-order valence-electron chi connectivity index (χ3n) is 3.19. The second kappa shape index (κ2) is 7.46. The molecule has 0 aliphatic carbocycles. The first-order valence-corrected chi connectivity index (χ1v) is 8.61. The molecule has 1 aromatic carbocycles. The molecule has 0 fully saturated rings. The molecule has 0 aliphatic rings. The predicted molar refractivity (Wildman–Crippen MR) is 94.8 cm³/mol. The summed E-state index contributed by atoms with van der Waals surface area (Å²) in [4.78, 5) is 21.7. The minimum absolute atomic E-state index is 0.107. The third kappa shape index (κ3) is 5.25. The van der Waals surface area contributed by atoms with Crippen LogP contribution in [-0.2, 0) is 12.0 Å². The first kappa shape index (κ1) is 17.3. The molecule has 1 heterocycles. The van der Waals surface area contributed by atoms with Crippen LogP contribution in [0.3, 0.4) is 0 Å². The normalized spacial score (nSPS) is 11.1. The first-order valence-electron chi connectivity index (χ1n) is 7.39. The maximum absolute atomic E-state index is 11.9. The van der Waals surface area contributed by atoms with Crippen LogP contribution in [0.1, 0.15) is 32.2 Å². The Kier molecular flexibility index (Phi) is 5.60. The Morgan fingerprint density at radius 1 is 1.13 bits per heavy atom. The van der Waals surface area contributed by atoms with Gasteiger partial charge in [0.25, 0.3) is 0 Å². The van der Waals surface area contributed by atoms with Gasteiger partial charge in [-0.3, -0.25) is 0 Å². The van der Waals surface area contributed by atoms with E-state index in [1.807, 2.05) is 51.3 Å². The summed E-state index contributed by atoms with van der Waals surface area (Å²) < 4.78 is 0. The molecule has 0 atom stereocenters. The summed E-state index contributed by atoms with van der Waals surface area (Å²) in [6.45, 7) is 6.61. The second-order valence-corrected chi connectivity index (χ2v) is 7.08. The number of rotatable bonds is 4. The van der Waals surface area contributed by atoms with Gasteiger partial charge >= 0.3 is 6.03 Å². The predicted octanol–water partition coefficient (Wildman–Crippen LogP) is 3.82. The molecule has 1 aromatic heterocycles. The van der Waals surface area contributed by atoms with Crippen LogP contribution in [0.4, 0.5) is 10.5 Å². The zero-order chi connectivity index (χ0) is 16.9. The smallest absolute Gasteiger partial charge is 0.319 e. The van der Waals surface area contributed by atoms with E-state index < -0.39 is 0 Å². The van der Waals surface area contributed by atoms with Crippen LogP contribution >= 0.6 is 11.8 Å². The largest absolute Gasteiger partial charge is 0.334 e. The SMILES string of the molecule is CSc1ccc(CNC(=O)Nc2cnc(C(C)(C)C)nc2)cc1. The molecule has 0 radical (unpaired) electrons. The zero-order valence-electron chi connectivity index (χ0n) is 13.9. The van der Waals surface area contributed by atoms with E-state index in [0.717, 1.165) is 11.4 Å². The van der Waals surface area contributed by atoms with Crippen LogP contribution in [0.5, 0.6) is 0 Å². The molecule has 0 saturated carbocycles. The van der Waals surface area contributed by atoms with Gasteiger partial charge < -0.3 is 10.6 Å². The van der Waals surface area contributed by atoms with Crippen LogP contribution in [-0.4, -0.2) is 22.3 Å². The number of benzene rings is 1. The lowest BCUT2D eigenvalue weighted by Gasteiger charge is -2.16. The minimum atomic E-state index is -0.272. The van der Waals surface area contributed by atoms with Crippen LogP contribution in [0, 0.1) is 0 Å². The van der Waals surface area contributed by atoms with Crippen molar-refractivity contribution in [3.63, 3.8) is 0 Å². The fourth-order valence-electron chi connectivity index (χ4n) is 1.88. The Morgan fingerprint density at radius 3 is 2.26 bits per heavy atom. The van der Waals surface area contributed by atoms with Gasteiger partial charge in [0.2, 0.25) is 0 Å². The molecule has 0 aliphatic heterocycles. The van der Waals surface area contributed by atoms with Crippen LogP contribution in [0.15, 0.2) is 41.6 Å². The lowest BCUT2D eigenvalue weighted by Crippen LogP contribution is -2.28. The molecule has 0 saturated heterocycles. The Morgan fingerprint density at radius 2 is 1.74 bits per heavy atom. The first-order chi connectivity index (χ1) is 10.9. The van der Waals surface area contributed by atoms with Crippen molar-refractivity contribution in [1.29, 1.82) is 0 Å². The average Bonchev–Trinajstić information content (AvgIpc) is 2.53. The number of amides is 2. The lowest BCUT2D eigenvalue weighted by molar-refractivity contribution is 0.251. The number of hydrogen-bond acceptors (Lipinski definition) is 4. The standard InChI is InChI=1S/C17H22N4OS/c1-17(2,3)15-18-10-13(11-19-15)21-16(22)20-9-12-5-7-14(23-4)8-6-12/h5-8,10-11H,9H2,1-4H3,(H2,20,21,22). The van der Waals surface area contributed by atoms with Crippen molar-refractivity contribution >= 4 is 23.5 Å². The van der Waals surface area contributed by atoms with E-state index in [1.54, 1.807) is 24.2 Å². The van der Waals surface area contributed by atoms with Crippen molar-refractivity contribution in [2.45, 2.75) is 37.6 Å². The Hall–Kier alpha value is -2.08. The highest BCUT2D eigenvalue weighted by atomic mass is 32.2. The van der Waals surface area contributed by atoms with Crippen molar-refractivity contribution in [1.82, 2.24) is 15.3 Å². The third-order valence-corrected chi connectivity index (χ3v) is 3.94. The summed E-state index contributed by atoms with van der Waals surface area (Å²) in [7, 11) is 0. The number of hydrogen-bond donors (Lipinski definition) is 2. The van der Waals surface area contributed by atoms with E-state index in [0.29, 0.717) is 12.2 Å². The highest BCUT2D eigenvalue weighted by Gasteiger charge is 2.16. The quantitative estimate of drug-likeness (QED) is 0.836. The fraction of sp³-hybridized carbons (Fsp3) is 0.353. The topological polar surface area (TPSA) is 66.9 Å². The van der Waals surface area contributed by atoms with Gasteiger partial charge in [-0.1, -0.05) is 32.9 Å². The molecule has 6 heteroatoms. The molecular weight excluding hydrogens is 308 g/mol. The molecule has 2 aromatic rings. The van der Waals surface area contributed by atoms with Crippen molar-refractivity contribution in [3.05, 3.63) is 48.0 Å². The van der Waals surface area contributed by atoms with Gasteiger partial charge in [0.05, 0.1) is 18.1 Å². The van der Waals surface area contributed by atoms with Crippen LogP contribution in [0.25, 0.3) is 0 Å². The van der Waals surface area contributed by atoms with E-state index in [1.165, 1.54) is 4.90 Å². The number of nitrogens with zero attached hydrogens (tertiary/aromatic N) is 2.